The molecule has 0 spiro atoms. The highest BCUT2D eigenvalue weighted by atomic mass is 79.9. The van der Waals surface area contributed by atoms with Crippen molar-refractivity contribution in [2.45, 2.75) is 19.5 Å². The van der Waals surface area contributed by atoms with Crippen LogP contribution >= 0.6 is 51.3 Å². The maximum atomic E-state index is 6.01. The summed E-state index contributed by atoms with van der Waals surface area (Å²) in [6, 6.07) is 3.65. The predicted octanol–water partition coefficient (Wildman–Crippen LogP) is 4.75. The first kappa shape index (κ1) is 17.5. The molecule has 9 heteroatoms. The number of halogens is 3. The van der Waals surface area contributed by atoms with Crippen molar-refractivity contribution in [3.05, 3.63) is 38.8 Å². The van der Waals surface area contributed by atoms with Gasteiger partial charge in [-0.1, -0.05) is 0 Å². The minimum absolute atomic E-state index is 0. The lowest BCUT2D eigenvalue weighted by molar-refractivity contribution is 0.518. The number of furan rings is 1. The highest BCUT2D eigenvalue weighted by molar-refractivity contribution is 9.10. The molecule has 3 aromatic rings. The predicted molar refractivity (Wildman–Crippen MR) is 96.0 cm³/mol. The molecule has 0 unspecified atom stereocenters. The van der Waals surface area contributed by atoms with Crippen LogP contribution in [0.15, 0.2) is 27.3 Å². The third-order valence-electron chi connectivity index (χ3n) is 2.90. The maximum Gasteiger partial charge on any atom is 0.225 e. The Morgan fingerprint density at radius 2 is 2.27 bits per heavy atom. The second-order valence-corrected chi connectivity index (χ2v) is 6.70. The second-order valence-electron chi connectivity index (χ2n) is 4.52. The minimum atomic E-state index is -0.0877. The van der Waals surface area contributed by atoms with E-state index in [0.29, 0.717) is 12.4 Å². The molecule has 0 bridgehead atoms. The zero-order valence-corrected chi connectivity index (χ0v) is 15.4. The van der Waals surface area contributed by atoms with Crippen LogP contribution in [0.4, 0.5) is 5.82 Å². The van der Waals surface area contributed by atoms with Crippen LogP contribution in [0.1, 0.15) is 23.6 Å². The molecule has 0 saturated carbocycles. The second kappa shape index (κ2) is 7.14. The molecule has 0 aromatic carbocycles. The number of fused-ring (bicyclic) bond motifs is 1. The highest BCUT2D eigenvalue weighted by Gasteiger charge is 2.18. The van der Waals surface area contributed by atoms with Gasteiger partial charge < -0.3 is 15.5 Å². The first-order valence-electron chi connectivity index (χ1n) is 6.23. The normalized spacial score (nSPS) is 12.2. The lowest BCUT2D eigenvalue weighted by Crippen LogP contribution is -2.02. The molecule has 3 rings (SSSR count). The van der Waals surface area contributed by atoms with Gasteiger partial charge in [-0.2, -0.15) is 4.98 Å². The third kappa shape index (κ3) is 3.38. The number of thiophene rings is 1. The molecule has 0 fully saturated rings. The Labute approximate surface area is 150 Å². The average Bonchev–Trinajstić information content (AvgIpc) is 3.05. The molecule has 0 amide bonds. The van der Waals surface area contributed by atoms with E-state index in [0.717, 1.165) is 25.3 Å². The van der Waals surface area contributed by atoms with E-state index in [1.807, 2.05) is 19.1 Å². The van der Waals surface area contributed by atoms with Gasteiger partial charge in [0.1, 0.15) is 17.1 Å². The summed E-state index contributed by atoms with van der Waals surface area (Å²) < 4.78 is 7.10. The van der Waals surface area contributed by atoms with E-state index < -0.39 is 0 Å². The molecule has 0 aliphatic rings. The van der Waals surface area contributed by atoms with Crippen molar-refractivity contribution < 1.29 is 4.42 Å². The Bertz CT molecular complexity index is 776. The SMILES string of the molecule is C[C@H](N)c1sc2c(NCc3ccco3)nc(Cl)nc2c1Br.Cl. The zero-order valence-electron chi connectivity index (χ0n) is 11.5. The van der Waals surface area contributed by atoms with Crippen molar-refractivity contribution in [1.82, 2.24) is 9.97 Å². The molecule has 3 aromatic heterocycles. The topological polar surface area (TPSA) is 77.0 Å². The fourth-order valence-corrected chi connectivity index (χ4v) is 4.18. The summed E-state index contributed by atoms with van der Waals surface area (Å²) in [5, 5.41) is 3.42. The highest BCUT2D eigenvalue weighted by Crippen LogP contribution is 2.40. The van der Waals surface area contributed by atoms with Gasteiger partial charge in [0.25, 0.3) is 0 Å². The molecule has 22 heavy (non-hydrogen) atoms. The van der Waals surface area contributed by atoms with Crippen molar-refractivity contribution in [2.75, 3.05) is 5.32 Å². The standard InChI is InChI=1S/C13H12BrClN4OS.ClH/c1-6(16)10-8(14)9-11(21-10)12(19-13(15)18-9)17-5-7-3-2-4-20-7;/h2-4,6H,5,16H2,1H3,(H,17,18,19);1H/t6-;/m0./s1. The molecular weight excluding hydrogens is 411 g/mol. The summed E-state index contributed by atoms with van der Waals surface area (Å²) in [6.07, 6.45) is 1.63. The lowest BCUT2D eigenvalue weighted by Gasteiger charge is -2.05. The van der Waals surface area contributed by atoms with E-state index in [2.05, 4.69) is 31.2 Å². The van der Waals surface area contributed by atoms with Gasteiger partial charge in [-0.25, -0.2) is 4.98 Å². The number of anilines is 1. The van der Waals surface area contributed by atoms with Crippen LogP contribution in [0.3, 0.4) is 0 Å². The summed E-state index contributed by atoms with van der Waals surface area (Å²) in [7, 11) is 0. The lowest BCUT2D eigenvalue weighted by atomic mass is 10.3. The molecule has 3 N–H and O–H groups in total. The first-order chi connectivity index (χ1) is 10.1. The Morgan fingerprint density at radius 1 is 1.50 bits per heavy atom. The van der Waals surface area contributed by atoms with Crippen molar-refractivity contribution >= 4 is 67.3 Å². The smallest absolute Gasteiger partial charge is 0.225 e. The molecule has 0 aliphatic carbocycles. The Hall–Kier alpha value is -0.860. The fraction of sp³-hybridized carbons (Fsp3) is 0.231. The van der Waals surface area contributed by atoms with Crippen LogP contribution in [0.25, 0.3) is 10.2 Å². The Balaban J connectivity index is 0.00000176. The molecule has 3 heterocycles. The van der Waals surface area contributed by atoms with Crippen molar-refractivity contribution in [3.8, 4) is 0 Å². The van der Waals surface area contributed by atoms with E-state index in [4.69, 9.17) is 21.8 Å². The molecule has 1 atom stereocenters. The van der Waals surface area contributed by atoms with E-state index in [-0.39, 0.29) is 23.7 Å². The minimum Gasteiger partial charge on any atom is -0.467 e. The van der Waals surface area contributed by atoms with Gasteiger partial charge >= 0.3 is 0 Å². The molecule has 118 valence electrons. The van der Waals surface area contributed by atoms with Crippen molar-refractivity contribution in [1.29, 1.82) is 0 Å². The average molecular weight is 424 g/mol. The summed E-state index contributed by atoms with van der Waals surface area (Å²) >= 11 is 11.1. The van der Waals surface area contributed by atoms with Gasteiger partial charge in [-0.15, -0.1) is 23.7 Å². The van der Waals surface area contributed by atoms with Crippen LogP contribution in [0.5, 0.6) is 0 Å². The molecule has 0 saturated heterocycles. The number of nitrogens with two attached hydrogens (primary N) is 1. The van der Waals surface area contributed by atoms with Gasteiger partial charge in [0.15, 0.2) is 0 Å². The van der Waals surface area contributed by atoms with Gasteiger partial charge in [0.05, 0.1) is 22.0 Å². The summed E-state index contributed by atoms with van der Waals surface area (Å²) in [5.41, 5.74) is 6.75. The fourth-order valence-electron chi connectivity index (χ4n) is 1.94. The number of hydrogen-bond donors (Lipinski definition) is 2. The largest absolute Gasteiger partial charge is 0.467 e. The van der Waals surface area contributed by atoms with E-state index in [1.54, 1.807) is 17.6 Å². The molecule has 5 nitrogen and oxygen atoms in total. The Kier molecular flexibility index (Phi) is 5.68. The van der Waals surface area contributed by atoms with E-state index in [1.165, 1.54) is 0 Å². The van der Waals surface area contributed by atoms with Crippen LogP contribution in [-0.4, -0.2) is 9.97 Å². The molecule has 0 aliphatic heterocycles. The molecule has 0 radical (unpaired) electrons. The Morgan fingerprint density at radius 3 is 2.91 bits per heavy atom. The van der Waals surface area contributed by atoms with Crippen LogP contribution in [0.2, 0.25) is 5.28 Å². The van der Waals surface area contributed by atoms with Crippen molar-refractivity contribution in [3.63, 3.8) is 0 Å². The third-order valence-corrected chi connectivity index (χ3v) is 5.52. The van der Waals surface area contributed by atoms with Crippen LogP contribution < -0.4 is 11.1 Å². The number of hydrogen-bond acceptors (Lipinski definition) is 6. The first-order valence-corrected chi connectivity index (χ1v) is 8.22. The summed E-state index contributed by atoms with van der Waals surface area (Å²) in [5.74, 6) is 1.50. The van der Waals surface area contributed by atoms with Gasteiger partial charge in [-0.05, 0) is 46.6 Å². The monoisotopic (exact) mass is 422 g/mol. The van der Waals surface area contributed by atoms with E-state index >= 15 is 0 Å². The van der Waals surface area contributed by atoms with Gasteiger partial charge in [0, 0.05) is 10.9 Å². The van der Waals surface area contributed by atoms with E-state index in [9.17, 15) is 0 Å². The van der Waals surface area contributed by atoms with Crippen LogP contribution in [-0.2, 0) is 6.54 Å². The summed E-state index contributed by atoms with van der Waals surface area (Å²) in [4.78, 5) is 9.56. The van der Waals surface area contributed by atoms with Crippen LogP contribution in [0, 0.1) is 0 Å². The zero-order chi connectivity index (χ0) is 15.0. The van der Waals surface area contributed by atoms with Crippen molar-refractivity contribution in [2.24, 2.45) is 5.73 Å². The maximum absolute atomic E-state index is 6.01. The molecular formula is C13H13BrCl2N4OS. The van der Waals surface area contributed by atoms with Gasteiger partial charge in [0.2, 0.25) is 5.28 Å². The number of aromatic nitrogens is 2. The van der Waals surface area contributed by atoms with Gasteiger partial charge in [-0.3, -0.25) is 0 Å². The number of nitrogens with zero attached hydrogens (tertiary/aromatic N) is 2. The number of rotatable bonds is 4. The summed E-state index contributed by atoms with van der Waals surface area (Å²) in [6.45, 7) is 2.46. The quantitative estimate of drug-likeness (QED) is 0.591. The number of nitrogens with one attached hydrogen (secondary N) is 1.